The molecule has 2 heterocycles. The third-order valence-corrected chi connectivity index (χ3v) is 5.29. The lowest BCUT2D eigenvalue weighted by atomic mass is 10.2. The van der Waals surface area contributed by atoms with Crippen LogP contribution in [0.1, 0.15) is 37.8 Å². The standard InChI is InChI=1S/C16H20N2O5S/c1-9(14(20)17-11-5-6-11)23-16(21)12-8-24-15(18(12)10(2)19)13-4-3-7-22-13/h3-4,7,9,11-12,15H,5-6,8H2,1-2H3,(H,17,20)/t9-,12+,15-/m1/s1. The molecule has 2 amide bonds. The molecule has 0 bridgehead atoms. The maximum absolute atomic E-state index is 12.5. The SMILES string of the molecule is CC(=O)N1[C@@H](c2ccco2)SC[C@H]1C(=O)O[C@H](C)C(=O)NC1CC1. The zero-order valence-electron chi connectivity index (χ0n) is 13.6. The van der Waals surface area contributed by atoms with E-state index < -0.39 is 18.1 Å². The number of hydrogen-bond donors (Lipinski definition) is 1. The highest BCUT2D eigenvalue weighted by molar-refractivity contribution is 7.99. The number of rotatable bonds is 5. The highest BCUT2D eigenvalue weighted by Crippen LogP contribution is 2.41. The lowest BCUT2D eigenvalue weighted by molar-refractivity contribution is -0.161. The molecule has 2 fully saturated rings. The van der Waals surface area contributed by atoms with E-state index in [0.29, 0.717) is 11.5 Å². The second-order valence-electron chi connectivity index (χ2n) is 6.01. The Kier molecular flexibility index (Phi) is 4.84. The normalized spacial score (nSPS) is 24.5. The summed E-state index contributed by atoms with van der Waals surface area (Å²) in [6.07, 6.45) is 2.59. The van der Waals surface area contributed by atoms with Crippen molar-refractivity contribution in [3.05, 3.63) is 24.2 Å². The largest absolute Gasteiger partial charge is 0.466 e. The van der Waals surface area contributed by atoms with Crippen LogP contribution in [-0.2, 0) is 19.1 Å². The fourth-order valence-electron chi connectivity index (χ4n) is 2.58. The first-order chi connectivity index (χ1) is 11.5. The summed E-state index contributed by atoms with van der Waals surface area (Å²) in [5.74, 6) is -0.0806. The predicted octanol–water partition coefficient (Wildman–Crippen LogP) is 1.45. The summed E-state index contributed by atoms with van der Waals surface area (Å²) in [4.78, 5) is 37.9. The number of furan rings is 1. The van der Waals surface area contributed by atoms with E-state index in [1.165, 1.54) is 29.8 Å². The van der Waals surface area contributed by atoms with Crippen molar-refractivity contribution in [2.45, 2.75) is 50.3 Å². The van der Waals surface area contributed by atoms with Gasteiger partial charge >= 0.3 is 5.97 Å². The Labute approximate surface area is 144 Å². The Morgan fingerprint density at radius 1 is 1.42 bits per heavy atom. The summed E-state index contributed by atoms with van der Waals surface area (Å²) in [6, 6.07) is 2.99. The van der Waals surface area contributed by atoms with Gasteiger partial charge in [0.05, 0.1) is 6.26 Å². The molecule has 0 aromatic carbocycles. The van der Waals surface area contributed by atoms with Gasteiger partial charge < -0.3 is 19.4 Å². The van der Waals surface area contributed by atoms with E-state index in [0.717, 1.165) is 12.8 Å². The summed E-state index contributed by atoms with van der Waals surface area (Å²) in [6.45, 7) is 2.95. The topological polar surface area (TPSA) is 88.8 Å². The summed E-state index contributed by atoms with van der Waals surface area (Å²) in [7, 11) is 0. The maximum Gasteiger partial charge on any atom is 0.330 e. The summed E-state index contributed by atoms with van der Waals surface area (Å²) in [5, 5.41) is 2.44. The molecule has 0 spiro atoms. The van der Waals surface area contributed by atoms with E-state index in [1.807, 2.05) is 0 Å². The van der Waals surface area contributed by atoms with Crippen molar-refractivity contribution in [1.82, 2.24) is 10.2 Å². The molecule has 1 saturated carbocycles. The molecule has 0 unspecified atom stereocenters. The van der Waals surface area contributed by atoms with Crippen LogP contribution in [0.5, 0.6) is 0 Å². The summed E-state index contributed by atoms with van der Waals surface area (Å²) in [5.41, 5.74) is 0. The second-order valence-corrected chi connectivity index (χ2v) is 7.12. The van der Waals surface area contributed by atoms with E-state index in [2.05, 4.69) is 5.32 Å². The number of carbonyl (C=O) groups is 3. The van der Waals surface area contributed by atoms with Crippen molar-refractivity contribution in [2.75, 3.05) is 5.75 Å². The van der Waals surface area contributed by atoms with E-state index in [-0.39, 0.29) is 23.2 Å². The minimum atomic E-state index is -0.875. The number of ether oxygens (including phenoxy) is 1. The number of thioether (sulfide) groups is 1. The molecule has 3 atom stereocenters. The van der Waals surface area contributed by atoms with Crippen molar-refractivity contribution in [3.63, 3.8) is 0 Å². The van der Waals surface area contributed by atoms with Crippen LogP contribution in [0.25, 0.3) is 0 Å². The average molecular weight is 352 g/mol. The van der Waals surface area contributed by atoms with Gasteiger partial charge in [-0.2, -0.15) is 0 Å². The summed E-state index contributed by atoms with van der Waals surface area (Å²) >= 11 is 1.44. The van der Waals surface area contributed by atoms with Gasteiger partial charge in [0.15, 0.2) is 6.10 Å². The maximum atomic E-state index is 12.5. The molecule has 1 aliphatic heterocycles. The van der Waals surface area contributed by atoms with Crippen LogP contribution in [0.3, 0.4) is 0 Å². The smallest absolute Gasteiger partial charge is 0.330 e. The van der Waals surface area contributed by atoms with Crippen LogP contribution in [0, 0.1) is 0 Å². The van der Waals surface area contributed by atoms with Gasteiger partial charge in [-0.1, -0.05) is 0 Å². The monoisotopic (exact) mass is 352 g/mol. The Bertz CT molecular complexity index is 628. The number of esters is 1. The zero-order valence-corrected chi connectivity index (χ0v) is 14.4. The molecule has 1 N–H and O–H groups in total. The van der Waals surface area contributed by atoms with E-state index >= 15 is 0 Å². The second kappa shape index (κ2) is 6.88. The highest BCUT2D eigenvalue weighted by Gasteiger charge is 2.43. The molecule has 8 heteroatoms. The van der Waals surface area contributed by atoms with Gasteiger partial charge in [-0.3, -0.25) is 9.59 Å². The minimum Gasteiger partial charge on any atom is -0.466 e. The molecule has 130 valence electrons. The lowest BCUT2D eigenvalue weighted by Crippen LogP contribution is -2.45. The first kappa shape index (κ1) is 16.9. The fourth-order valence-corrected chi connectivity index (χ4v) is 3.99. The van der Waals surface area contributed by atoms with Crippen LogP contribution in [0.2, 0.25) is 0 Å². The number of nitrogens with zero attached hydrogens (tertiary/aromatic N) is 1. The highest BCUT2D eigenvalue weighted by atomic mass is 32.2. The van der Waals surface area contributed by atoms with Gasteiger partial charge in [0, 0.05) is 18.7 Å². The molecule has 1 aliphatic carbocycles. The number of amides is 2. The Balaban J connectivity index is 1.64. The molecule has 24 heavy (non-hydrogen) atoms. The van der Waals surface area contributed by atoms with Crippen molar-refractivity contribution in [2.24, 2.45) is 0 Å². The Morgan fingerprint density at radius 3 is 2.75 bits per heavy atom. The molecule has 0 radical (unpaired) electrons. The number of carbonyl (C=O) groups excluding carboxylic acids is 3. The summed E-state index contributed by atoms with van der Waals surface area (Å²) < 4.78 is 10.6. The van der Waals surface area contributed by atoms with Crippen LogP contribution < -0.4 is 5.32 Å². The van der Waals surface area contributed by atoms with E-state index in [1.54, 1.807) is 19.1 Å². The van der Waals surface area contributed by atoms with Crippen molar-refractivity contribution in [3.8, 4) is 0 Å². The lowest BCUT2D eigenvalue weighted by Gasteiger charge is -2.26. The third-order valence-electron chi connectivity index (χ3n) is 4.01. The van der Waals surface area contributed by atoms with E-state index in [9.17, 15) is 14.4 Å². The molecule has 2 aliphatic rings. The molecule has 1 aromatic heterocycles. The Hall–Kier alpha value is -1.96. The quantitative estimate of drug-likeness (QED) is 0.807. The van der Waals surface area contributed by atoms with Crippen LogP contribution in [-0.4, -0.2) is 46.6 Å². The van der Waals surface area contributed by atoms with Gasteiger partial charge in [0.2, 0.25) is 5.91 Å². The predicted molar refractivity (Wildman–Crippen MR) is 86.9 cm³/mol. The molecule has 1 saturated heterocycles. The van der Waals surface area contributed by atoms with Crippen LogP contribution in [0.4, 0.5) is 0 Å². The molecule has 1 aromatic rings. The molecule has 7 nitrogen and oxygen atoms in total. The van der Waals surface area contributed by atoms with Gasteiger partial charge in [-0.15, -0.1) is 11.8 Å². The zero-order chi connectivity index (χ0) is 17.3. The van der Waals surface area contributed by atoms with Crippen molar-refractivity contribution in [1.29, 1.82) is 0 Å². The minimum absolute atomic E-state index is 0.206. The first-order valence-corrected chi connectivity index (χ1v) is 8.97. The molecular formula is C16H20N2O5S. The van der Waals surface area contributed by atoms with Crippen LogP contribution >= 0.6 is 11.8 Å². The molecule has 3 rings (SSSR count). The van der Waals surface area contributed by atoms with Gasteiger partial charge in [-0.05, 0) is 31.9 Å². The average Bonchev–Trinajstić information content (AvgIpc) is 3.05. The van der Waals surface area contributed by atoms with E-state index in [4.69, 9.17) is 9.15 Å². The van der Waals surface area contributed by atoms with Crippen LogP contribution in [0.15, 0.2) is 22.8 Å². The Morgan fingerprint density at radius 2 is 2.17 bits per heavy atom. The van der Waals surface area contributed by atoms with Crippen molar-refractivity contribution < 1.29 is 23.5 Å². The van der Waals surface area contributed by atoms with Gasteiger partial charge in [0.25, 0.3) is 5.91 Å². The first-order valence-electron chi connectivity index (χ1n) is 7.92. The number of nitrogens with one attached hydrogen (secondary N) is 1. The van der Waals surface area contributed by atoms with Gasteiger partial charge in [0.1, 0.15) is 17.2 Å². The molecular weight excluding hydrogens is 332 g/mol. The number of hydrogen-bond acceptors (Lipinski definition) is 6. The fraction of sp³-hybridized carbons (Fsp3) is 0.562. The third kappa shape index (κ3) is 3.58. The van der Waals surface area contributed by atoms with Gasteiger partial charge in [-0.25, -0.2) is 4.79 Å². The van der Waals surface area contributed by atoms with Crippen molar-refractivity contribution >= 4 is 29.5 Å².